The molecule has 0 aliphatic heterocycles. The summed E-state index contributed by atoms with van der Waals surface area (Å²) in [5.41, 5.74) is 7.10. The van der Waals surface area contributed by atoms with E-state index >= 15 is 0 Å². The van der Waals surface area contributed by atoms with Crippen LogP contribution in [0.25, 0.3) is 5.69 Å². The Morgan fingerprint density at radius 3 is 2.54 bits per heavy atom. The fourth-order valence-electron chi connectivity index (χ4n) is 2.56. The molecule has 8 nitrogen and oxygen atoms in total. The molecule has 0 bridgehead atoms. The average Bonchev–Trinajstić information content (AvgIpc) is 2.86. The molecule has 0 aliphatic rings. The van der Waals surface area contributed by atoms with Crippen LogP contribution < -0.4 is 15.8 Å². The first-order valence-corrected chi connectivity index (χ1v) is 7.91. The van der Waals surface area contributed by atoms with Gasteiger partial charge in [-0.05, 0) is 38.1 Å². The van der Waals surface area contributed by atoms with E-state index in [1.807, 2.05) is 12.2 Å². The van der Waals surface area contributed by atoms with Crippen molar-refractivity contribution in [3.05, 3.63) is 46.2 Å². The number of carbonyl (C=O) groups is 3. The molecule has 0 saturated heterocycles. The number of carbonyl (C=O) groups excluding carboxylic acids is 3. The van der Waals surface area contributed by atoms with E-state index in [0.717, 1.165) is 5.69 Å². The number of amides is 3. The average molecular weight is 380 g/mol. The highest BCUT2D eigenvalue weighted by Gasteiger charge is 2.21. The Morgan fingerprint density at radius 2 is 1.92 bits per heavy atom. The number of primary amides is 1. The zero-order valence-electron chi connectivity index (χ0n) is 14.5. The summed E-state index contributed by atoms with van der Waals surface area (Å²) >= 11 is 6.08. The van der Waals surface area contributed by atoms with Crippen molar-refractivity contribution < 1.29 is 23.9 Å². The molecule has 2 aromatic rings. The SMILES string of the molecule is COc1ccc(Cl)cc1-n1c(C)cc(C(=O)OCC(=O)NC(N)=O)c1C. The van der Waals surface area contributed by atoms with Gasteiger partial charge in [0.25, 0.3) is 5.91 Å². The van der Waals surface area contributed by atoms with Crippen molar-refractivity contribution in [3.63, 3.8) is 0 Å². The molecule has 0 spiro atoms. The molecule has 0 fully saturated rings. The molecule has 0 atom stereocenters. The summed E-state index contributed by atoms with van der Waals surface area (Å²) in [5, 5.41) is 2.33. The number of hydrogen-bond donors (Lipinski definition) is 2. The number of nitrogens with two attached hydrogens (primary N) is 1. The summed E-state index contributed by atoms with van der Waals surface area (Å²) in [7, 11) is 1.54. The fraction of sp³-hybridized carbons (Fsp3) is 0.235. The summed E-state index contributed by atoms with van der Waals surface area (Å²) in [6, 6.07) is 5.75. The quantitative estimate of drug-likeness (QED) is 0.772. The number of urea groups is 1. The Labute approximate surface area is 154 Å². The summed E-state index contributed by atoms with van der Waals surface area (Å²) in [6.45, 7) is 2.92. The lowest BCUT2D eigenvalue weighted by atomic mass is 10.2. The van der Waals surface area contributed by atoms with Crippen LogP contribution in [0.2, 0.25) is 5.02 Å². The zero-order chi connectivity index (χ0) is 19.4. The maximum Gasteiger partial charge on any atom is 0.340 e. The van der Waals surface area contributed by atoms with Crippen LogP contribution in [-0.4, -0.2) is 36.2 Å². The van der Waals surface area contributed by atoms with Gasteiger partial charge in [-0.25, -0.2) is 9.59 Å². The number of nitrogens with zero attached hydrogens (tertiary/aromatic N) is 1. The largest absolute Gasteiger partial charge is 0.495 e. The Morgan fingerprint density at radius 1 is 1.23 bits per heavy atom. The van der Waals surface area contributed by atoms with E-state index in [9.17, 15) is 14.4 Å². The molecule has 0 saturated carbocycles. The second-order valence-corrected chi connectivity index (χ2v) is 5.86. The van der Waals surface area contributed by atoms with E-state index in [2.05, 4.69) is 0 Å². The number of aromatic nitrogens is 1. The predicted octanol–water partition coefficient (Wildman–Crippen LogP) is 2.11. The van der Waals surface area contributed by atoms with Gasteiger partial charge < -0.3 is 19.8 Å². The topological polar surface area (TPSA) is 113 Å². The molecular weight excluding hydrogens is 362 g/mol. The molecule has 1 heterocycles. The van der Waals surface area contributed by atoms with Crippen LogP contribution in [-0.2, 0) is 9.53 Å². The van der Waals surface area contributed by atoms with Crippen molar-refractivity contribution in [1.82, 2.24) is 9.88 Å². The summed E-state index contributed by atoms with van der Waals surface area (Å²) in [5.74, 6) is -0.932. The van der Waals surface area contributed by atoms with E-state index in [0.29, 0.717) is 22.2 Å². The van der Waals surface area contributed by atoms with Crippen molar-refractivity contribution in [1.29, 1.82) is 0 Å². The van der Waals surface area contributed by atoms with Crippen LogP contribution in [0.5, 0.6) is 5.75 Å². The number of methoxy groups -OCH3 is 1. The van der Waals surface area contributed by atoms with Crippen molar-refractivity contribution in [3.8, 4) is 11.4 Å². The van der Waals surface area contributed by atoms with Gasteiger partial charge >= 0.3 is 12.0 Å². The first kappa shape index (κ1) is 19.3. The third-order valence-corrected chi connectivity index (χ3v) is 3.86. The number of esters is 1. The van der Waals surface area contributed by atoms with Gasteiger partial charge in [0.15, 0.2) is 6.61 Å². The first-order valence-electron chi connectivity index (χ1n) is 7.53. The summed E-state index contributed by atoms with van der Waals surface area (Å²) < 4.78 is 12.1. The van der Waals surface area contributed by atoms with Gasteiger partial charge in [0, 0.05) is 16.4 Å². The summed E-state index contributed by atoms with van der Waals surface area (Å²) in [6.07, 6.45) is 0. The number of ether oxygens (including phenoxy) is 2. The van der Waals surface area contributed by atoms with Gasteiger partial charge in [-0.2, -0.15) is 0 Å². The fourth-order valence-corrected chi connectivity index (χ4v) is 2.73. The van der Waals surface area contributed by atoms with Gasteiger partial charge in [0.05, 0.1) is 18.4 Å². The lowest BCUT2D eigenvalue weighted by Gasteiger charge is -2.14. The molecule has 0 unspecified atom stereocenters. The highest BCUT2D eigenvalue weighted by atomic mass is 35.5. The van der Waals surface area contributed by atoms with E-state index in [1.54, 1.807) is 35.8 Å². The van der Waals surface area contributed by atoms with Crippen LogP contribution in [0.1, 0.15) is 21.7 Å². The Hall–Kier alpha value is -3.00. The normalized spacial score (nSPS) is 10.3. The van der Waals surface area contributed by atoms with Crippen molar-refractivity contribution in [2.75, 3.05) is 13.7 Å². The van der Waals surface area contributed by atoms with Crippen molar-refractivity contribution in [2.24, 2.45) is 5.73 Å². The molecule has 3 N–H and O–H groups in total. The van der Waals surface area contributed by atoms with Crippen LogP contribution in [0.3, 0.4) is 0 Å². The Bertz CT molecular complexity index is 876. The van der Waals surface area contributed by atoms with Crippen LogP contribution in [0.4, 0.5) is 4.79 Å². The van der Waals surface area contributed by atoms with Crippen molar-refractivity contribution in [2.45, 2.75) is 13.8 Å². The second kappa shape index (κ2) is 7.92. The molecule has 138 valence electrons. The molecule has 0 radical (unpaired) electrons. The lowest BCUT2D eigenvalue weighted by molar-refractivity contribution is -0.123. The van der Waals surface area contributed by atoms with Crippen molar-refractivity contribution >= 4 is 29.5 Å². The maximum absolute atomic E-state index is 12.3. The molecular formula is C17H18ClN3O5. The lowest BCUT2D eigenvalue weighted by Crippen LogP contribution is -2.37. The highest BCUT2D eigenvalue weighted by molar-refractivity contribution is 6.30. The number of benzene rings is 1. The van der Waals surface area contributed by atoms with Gasteiger partial charge in [-0.15, -0.1) is 0 Å². The van der Waals surface area contributed by atoms with E-state index in [4.69, 9.17) is 26.8 Å². The minimum Gasteiger partial charge on any atom is -0.495 e. The van der Waals surface area contributed by atoms with Crippen LogP contribution >= 0.6 is 11.6 Å². The predicted molar refractivity (Wildman–Crippen MR) is 94.8 cm³/mol. The van der Waals surface area contributed by atoms with Gasteiger partial charge in [0.1, 0.15) is 5.75 Å². The second-order valence-electron chi connectivity index (χ2n) is 5.42. The number of imide groups is 1. The Balaban J connectivity index is 2.31. The smallest absolute Gasteiger partial charge is 0.340 e. The summed E-state index contributed by atoms with van der Waals surface area (Å²) in [4.78, 5) is 34.2. The molecule has 26 heavy (non-hydrogen) atoms. The molecule has 9 heteroatoms. The molecule has 2 rings (SSSR count). The number of rotatable bonds is 5. The number of aryl methyl sites for hydroxylation is 1. The van der Waals surface area contributed by atoms with Crippen LogP contribution in [0.15, 0.2) is 24.3 Å². The van der Waals surface area contributed by atoms with Crippen LogP contribution in [0, 0.1) is 13.8 Å². The minimum absolute atomic E-state index is 0.274. The maximum atomic E-state index is 12.3. The van der Waals surface area contributed by atoms with Gasteiger partial charge in [0.2, 0.25) is 0 Å². The third-order valence-electron chi connectivity index (χ3n) is 3.63. The van der Waals surface area contributed by atoms with E-state index < -0.39 is 24.5 Å². The van der Waals surface area contributed by atoms with E-state index in [-0.39, 0.29) is 5.56 Å². The van der Waals surface area contributed by atoms with Gasteiger partial charge in [-0.1, -0.05) is 11.6 Å². The molecule has 1 aromatic carbocycles. The molecule has 3 amide bonds. The standard InChI is InChI=1S/C17H18ClN3O5/c1-9-6-12(16(23)26-8-15(22)20-17(19)24)10(2)21(9)13-7-11(18)4-5-14(13)25-3/h4-7H,8H2,1-3H3,(H3,19,20,22,24). The minimum atomic E-state index is -1.02. The van der Waals surface area contributed by atoms with Gasteiger partial charge in [-0.3, -0.25) is 10.1 Å². The first-order chi connectivity index (χ1) is 12.2. The third kappa shape index (κ3) is 4.15. The highest BCUT2D eigenvalue weighted by Crippen LogP contribution is 2.30. The Kier molecular flexibility index (Phi) is 5.89. The molecule has 1 aromatic heterocycles. The van der Waals surface area contributed by atoms with E-state index in [1.165, 1.54) is 7.11 Å². The zero-order valence-corrected chi connectivity index (χ0v) is 15.2. The monoisotopic (exact) mass is 379 g/mol. The number of nitrogens with one attached hydrogen (secondary N) is 1. The number of halogens is 1. The number of hydrogen-bond acceptors (Lipinski definition) is 5. The molecule has 0 aliphatic carbocycles.